The zero-order valence-corrected chi connectivity index (χ0v) is 19.5. The van der Waals surface area contributed by atoms with Crippen LogP contribution < -0.4 is 0 Å². The molecule has 0 aliphatic carbocycles. The fourth-order valence-electron chi connectivity index (χ4n) is 2.84. The van der Waals surface area contributed by atoms with Gasteiger partial charge in [0.2, 0.25) is 0 Å². The minimum Gasteiger partial charge on any atom is -0.507 e. The quantitative estimate of drug-likeness (QED) is 0.509. The largest absolute Gasteiger partial charge is 0.507 e. The van der Waals surface area contributed by atoms with Gasteiger partial charge in [-0.05, 0) is 37.1 Å². The zero-order chi connectivity index (χ0) is 21.3. The van der Waals surface area contributed by atoms with Crippen molar-refractivity contribution < 1.29 is 10.2 Å². The molecule has 0 fully saturated rings. The van der Waals surface area contributed by atoms with Gasteiger partial charge in [-0.15, -0.1) is 0 Å². The second-order valence-electron chi connectivity index (χ2n) is 6.71. The molecule has 1 aliphatic heterocycles. The molecule has 0 unspecified atom stereocenters. The van der Waals surface area contributed by atoms with E-state index in [0.717, 1.165) is 21.8 Å². The van der Waals surface area contributed by atoms with Crippen molar-refractivity contribution >= 4 is 56.7 Å². The first-order valence-corrected chi connectivity index (χ1v) is 11.2. The first kappa shape index (κ1) is 22.4. The van der Waals surface area contributed by atoms with Gasteiger partial charge in [-0.2, -0.15) is 0 Å². The third kappa shape index (κ3) is 6.34. The Bertz CT molecular complexity index is 865. The number of phenolic OH excluding ortho intramolecular Hbond substituents is 2. The Morgan fingerprint density at radius 3 is 1.07 bits per heavy atom. The van der Waals surface area contributed by atoms with Gasteiger partial charge in [0.1, 0.15) is 11.5 Å². The van der Waals surface area contributed by atoms with Crippen LogP contribution in [-0.4, -0.2) is 61.3 Å². The first-order chi connectivity index (χ1) is 14.5. The van der Waals surface area contributed by atoms with Crippen molar-refractivity contribution in [3.8, 4) is 11.5 Å². The molecule has 0 saturated carbocycles. The Balaban J connectivity index is 1.83. The van der Waals surface area contributed by atoms with Gasteiger partial charge in [0.05, 0.1) is 0 Å². The first-order valence-electron chi connectivity index (χ1n) is 9.59. The summed E-state index contributed by atoms with van der Waals surface area (Å²) in [6.07, 6.45) is 8.17. The number of hydrogen-bond acceptors (Lipinski definition) is 6. The van der Waals surface area contributed by atoms with Crippen LogP contribution in [0.1, 0.15) is 35.1 Å². The Labute approximate surface area is 192 Å². The SMILES string of the molecule is Oc1c2cc(Br)cc1C=NCCCN=Cc1cc(Br)cc(c1O)C=NCCCN=C2. The van der Waals surface area contributed by atoms with E-state index in [1.807, 2.05) is 24.3 Å². The van der Waals surface area contributed by atoms with Gasteiger partial charge < -0.3 is 10.2 Å². The highest BCUT2D eigenvalue weighted by Gasteiger charge is 2.07. The molecule has 30 heavy (non-hydrogen) atoms. The number of aliphatic imine (C=N–C) groups is 4. The third-order valence-electron chi connectivity index (χ3n) is 4.34. The number of phenols is 2. The summed E-state index contributed by atoms with van der Waals surface area (Å²) in [4.78, 5) is 17.6. The molecular formula is C22H22Br2N4O2. The Morgan fingerprint density at radius 2 is 0.800 bits per heavy atom. The highest BCUT2D eigenvalue weighted by Crippen LogP contribution is 2.26. The molecule has 0 aromatic heterocycles. The lowest BCUT2D eigenvalue weighted by Crippen LogP contribution is -1.95. The van der Waals surface area contributed by atoms with E-state index in [1.165, 1.54) is 0 Å². The molecule has 0 saturated heterocycles. The van der Waals surface area contributed by atoms with E-state index in [2.05, 4.69) is 51.8 Å². The molecule has 0 amide bonds. The molecule has 2 N–H and O–H groups in total. The van der Waals surface area contributed by atoms with E-state index in [9.17, 15) is 10.2 Å². The van der Waals surface area contributed by atoms with Gasteiger partial charge in [0, 0.05) is 82.2 Å². The average Bonchev–Trinajstić information content (AvgIpc) is 2.71. The molecule has 3 rings (SSSR count). The second kappa shape index (κ2) is 11.2. The van der Waals surface area contributed by atoms with Gasteiger partial charge in [0.25, 0.3) is 0 Å². The maximum absolute atomic E-state index is 10.5. The summed E-state index contributed by atoms with van der Waals surface area (Å²) in [5.74, 6) is 0.325. The van der Waals surface area contributed by atoms with Crippen LogP contribution in [0, 0.1) is 0 Å². The van der Waals surface area contributed by atoms with E-state index in [1.54, 1.807) is 24.9 Å². The summed E-state index contributed by atoms with van der Waals surface area (Å²) in [5.41, 5.74) is 2.56. The van der Waals surface area contributed by atoms with Crippen molar-refractivity contribution in [3.05, 3.63) is 55.5 Å². The summed E-state index contributed by atoms with van der Waals surface area (Å²) in [6.45, 7) is 2.31. The molecule has 0 atom stereocenters. The number of fused-ring (bicyclic) bond motifs is 4. The van der Waals surface area contributed by atoms with Gasteiger partial charge in [-0.25, -0.2) is 0 Å². The van der Waals surface area contributed by atoms with Crippen molar-refractivity contribution in [2.45, 2.75) is 12.8 Å². The van der Waals surface area contributed by atoms with E-state index in [4.69, 9.17) is 0 Å². The Hall–Kier alpha value is -2.32. The number of halogens is 2. The van der Waals surface area contributed by atoms with Crippen LogP contribution in [0.2, 0.25) is 0 Å². The number of rotatable bonds is 0. The van der Waals surface area contributed by atoms with Crippen molar-refractivity contribution in [1.82, 2.24) is 0 Å². The Morgan fingerprint density at radius 1 is 0.533 bits per heavy atom. The van der Waals surface area contributed by atoms with Crippen LogP contribution in [0.5, 0.6) is 11.5 Å². The normalized spacial score (nSPS) is 15.3. The molecule has 0 spiro atoms. The molecular weight excluding hydrogens is 512 g/mol. The van der Waals surface area contributed by atoms with Gasteiger partial charge in [0.15, 0.2) is 0 Å². The van der Waals surface area contributed by atoms with Crippen molar-refractivity contribution in [1.29, 1.82) is 0 Å². The lowest BCUT2D eigenvalue weighted by molar-refractivity contribution is 0.473. The molecule has 8 heteroatoms. The van der Waals surface area contributed by atoms with Crippen LogP contribution in [0.4, 0.5) is 0 Å². The fraction of sp³-hybridized carbons (Fsp3) is 0.273. The molecule has 1 heterocycles. The van der Waals surface area contributed by atoms with E-state index in [0.29, 0.717) is 48.4 Å². The molecule has 2 aromatic carbocycles. The molecule has 0 radical (unpaired) electrons. The van der Waals surface area contributed by atoms with Gasteiger partial charge in [-0.1, -0.05) is 31.9 Å². The topological polar surface area (TPSA) is 89.9 Å². The van der Waals surface area contributed by atoms with Crippen molar-refractivity contribution in [3.63, 3.8) is 0 Å². The monoisotopic (exact) mass is 532 g/mol. The smallest absolute Gasteiger partial charge is 0.133 e. The van der Waals surface area contributed by atoms with E-state index >= 15 is 0 Å². The average molecular weight is 534 g/mol. The van der Waals surface area contributed by atoms with Crippen LogP contribution in [0.15, 0.2) is 53.2 Å². The lowest BCUT2D eigenvalue weighted by atomic mass is 10.1. The lowest BCUT2D eigenvalue weighted by Gasteiger charge is -2.05. The summed E-state index contributed by atoms with van der Waals surface area (Å²) in [7, 11) is 0. The molecule has 6 nitrogen and oxygen atoms in total. The number of nitrogens with zero attached hydrogens (tertiary/aromatic N) is 4. The molecule has 1 aliphatic rings. The highest BCUT2D eigenvalue weighted by molar-refractivity contribution is 9.10. The molecule has 4 bridgehead atoms. The number of aromatic hydroxyl groups is 2. The third-order valence-corrected chi connectivity index (χ3v) is 5.25. The number of hydrogen-bond donors (Lipinski definition) is 2. The minimum atomic E-state index is 0.163. The maximum Gasteiger partial charge on any atom is 0.133 e. The summed E-state index contributed by atoms with van der Waals surface area (Å²) >= 11 is 6.94. The number of benzene rings is 2. The van der Waals surface area contributed by atoms with Crippen LogP contribution in [-0.2, 0) is 0 Å². The fourth-order valence-corrected chi connectivity index (χ4v) is 3.82. The predicted octanol–water partition coefficient (Wildman–Crippen LogP) is 4.79. The van der Waals surface area contributed by atoms with Gasteiger partial charge >= 0.3 is 0 Å². The Kier molecular flexibility index (Phi) is 8.33. The second-order valence-corrected chi connectivity index (χ2v) is 8.55. The van der Waals surface area contributed by atoms with Crippen LogP contribution >= 0.6 is 31.9 Å². The summed E-state index contributed by atoms with van der Waals surface area (Å²) in [6, 6.07) is 7.29. The van der Waals surface area contributed by atoms with E-state index in [-0.39, 0.29) is 11.5 Å². The highest BCUT2D eigenvalue weighted by atomic mass is 79.9. The minimum absolute atomic E-state index is 0.163. The van der Waals surface area contributed by atoms with E-state index < -0.39 is 0 Å². The summed E-state index contributed by atoms with van der Waals surface area (Å²) in [5, 5.41) is 21.0. The zero-order valence-electron chi connectivity index (χ0n) is 16.3. The maximum atomic E-state index is 10.5. The van der Waals surface area contributed by atoms with Crippen LogP contribution in [0.3, 0.4) is 0 Å². The molecule has 2 aromatic rings. The van der Waals surface area contributed by atoms with Crippen molar-refractivity contribution in [2.75, 3.05) is 26.2 Å². The van der Waals surface area contributed by atoms with Crippen molar-refractivity contribution in [2.24, 2.45) is 20.0 Å². The predicted molar refractivity (Wildman–Crippen MR) is 131 cm³/mol. The van der Waals surface area contributed by atoms with Crippen LogP contribution in [0.25, 0.3) is 0 Å². The van der Waals surface area contributed by atoms with Gasteiger partial charge in [-0.3, -0.25) is 20.0 Å². The summed E-state index contributed by atoms with van der Waals surface area (Å²) < 4.78 is 1.71. The molecule has 156 valence electrons. The standard InChI is InChI=1S/C22H22Br2N4O2/c23-19-7-15-11-25-3-1-4-26-12-16-8-20(24)10-18(22(16)30)14-28-6-2-5-27-13-17(9-19)21(15)29/h7-14,29-30H,1-6H2.